The minimum atomic E-state index is -3.79. The van der Waals surface area contributed by atoms with Crippen LogP contribution in [0.15, 0.2) is 62.6 Å². The minimum absolute atomic E-state index is 0.0694. The summed E-state index contributed by atoms with van der Waals surface area (Å²) in [6.07, 6.45) is 1.69. The molecular formula is C23H26N4O6S. The monoisotopic (exact) mass is 486 g/mol. The molecular weight excluding hydrogens is 460 g/mol. The highest BCUT2D eigenvalue weighted by atomic mass is 32.2. The number of aryl methyl sites for hydroxylation is 2. The third kappa shape index (κ3) is 4.90. The lowest BCUT2D eigenvalue weighted by Gasteiger charge is -2.35. The van der Waals surface area contributed by atoms with Gasteiger partial charge in [0.05, 0.1) is 6.26 Å². The van der Waals surface area contributed by atoms with E-state index in [1.54, 1.807) is 24.8 Å². The van der Waals surface area contributed by atoms with Crippen molar-refractivity contribution in [1.82, 2.24) is 19.7 Å². The molecule has 0 radical (unpaired) electrons. The molecule has 1 N–H and O–H groups in total. The second kappa shape index (κ2) is 9.82. The Hall–Kier alpha value is -3.44. The summed E-state index contributed by atoms with van der Waals surface area (Å²) in [4.78, 5) is 27.6. The van der Waals surface area contributed by atoms with Gasteiger partial charge in [0.15, 0.2) is 11.5 Å². The van der Waals surface area contributed by atoms with Gasteiger partial charge in [-0.15, -0.1) is 0 Å². The summed E-state index contributed by atoms with van der Waals surface area (Å²) >= 11 is 0. The van der Waals surface area contributed by atoms with Crippen LogP contribution in [-0.4, -0.2) is 66.8 Å². The molecule has 34 heavy (non-hydrogen) atoms. The number of nitrogens with one attached hydrogen (secondary N) is 1. The highest BCUT2D eigenvalue weighted by molar-refractivity contribution is 7.89. The third-order valence-electron chi connectivity index (χ3n) is 5.75. The Morgan fingerprint density at radius 1 is 1.06 bits per heavy atom. The Balaban J connectivity index is 1.47. The second-order valence-corrected chi connectivity index (χ2v) is 9.95. The summed E-state index contributed by atoms with van der Waals surface area (Å²) in [5.74, 6) is -0.419. The molecule has 1 aliphatic heterocycles. The molecule has 180 valence electrons. The van der Waals surface area contributed by atoms with Crippen LogP contribution in [0.3, 0.4) is 0 Å². The molecule has 2 aromatic heterocycles. The van der Waals surface area contributed by atoms with E-state index in [2.05, 4.69) is 10.5 Å². The molecule has 1 atom stereocenters. The first kappa shape index (κ1) is 23.7. The predicted octanol–water partition coefficient (Wildman–Crippen LogP) is 1.76. The number of sulfonamides is 1. The van der Waals surface area contributed by atoms with E-state index in [0.717, 1.165) is 5.56 Å². The van der Waals surface area contributed by atoms with Crippen LogP contribution in [0.1, 0.15) is 27.6 Å². The Bertz CT molecular complexity index is 1230. The Morgan fingerprint density at radius 3 is 2.35 bits per heavy atom. The molecule has 1 aromatic carbocycles. The molecule has 0 aliphatic carbocycles. The van der Waals surface area contributed by atoms with Crippen molar-refractivity contribution in [3.8, 4) is 0 Å². The summed E-state index contributed by atoms with van der Waals surface area (Å²) in [5, 5.41) is 6.51. The Labute approximate surface area is 197 Å². The normalized spacial score (nSPS) is 15.8. The third-order valence-corrected chi connectivity index (χ3v) is 7.89. The number of amides is 2. The molecule has 1 saturated heterocycles. The highest BCUT2D eigenvalue weighted by Gasteiger charge is 2.36. The van der Waals surface area contributed by atoms with Gasteiger partial charge in [-0.3, -0.25) is 9.59 Å². The van der Waals surface area contributed by atoms with Crippen LogP contribution in [0.2, 0.25) is 0 Å². The summed E-state index contributed by atoms with van der Waals surface area (Å²) in [7, 11) is -3.79. The largest absolute Gasteiger partial charge is 0.459 e. The number of carbonyl (C=O) groups excluding carboxylic acids is 2. The van der Waals surface area contributed by atoms with Gasteiger partial charge in [-0.05, 0) is 31.5 Å². The zero-order valence-electron chi connectivity index (χ0n) is 18.9. The molecule has 3 heterocycles. The second-order valence-electron chi connectivity index (χ2n) is 8.08. The molecule has 0 unspecified atom stereocenters. The summed E-state index contributed by atoms with van der Waals surface area (Å²) in [6.45, 7) is 3.79. The van der Waals surface area contributed by atoms with E-state index < -0.39 is 22.0 Å². The van der Waals surface area contributed by atoms with Crippen molar-refractivity contribution in [3.05, 3.63) is 71.5 Å². The summed E-state index contributed by atoms with van der Waals surface area (Å²) in [6, 6.07) is 11.7. The van der Waals surface area contributed by atoms with Crippen LogP contribution in [0.5, 0.6) is 0 Å². The maximum Gasteiger partial charge on any atom is 0.287 e. The lowest BCUT2D eigenvalue weighted by Crippen LogP contribution is -2.56. The minimum Gasteiger partial charge on any atom is -0.459 e. The quantitative estimate of drug-likeness (QED) is 0.539. The predicted molar refractivity (Wildman–Crippen MR) is 121 cm³/mol. The maximum absolute atomic E-state index is 13.4. The SMILES string of the molecule is Cc1noc(C)c1S(=O)(=O)N1CCN(C(=O)[C@H](Cc2ccccc2)NC(=O)c2ccco2)CC1. The number of carbonyl (C=O) groups is 2. The average molecular weight is 487 g/mol. The lowest BCUT2D eigenvalue weighted by molar-refractivity contribution is -0.134. The first-order chi connectivity index (χ1) is 16.3. The number of aromatic nitrogens is 1. The van der Waals surface area contributed by atoms with Crippen molar-refractivity contribution in [3.63, 3.8) is 0 Å². The zero-order valence-corrected chi connectivity index (χ0v) is 19.7. The molecule has 2 amide bonds. The van der Waals surface area contributed by atoms with Gasteiger partial charge in [-0.25, -0.2) is 8.42 Å². The van der Waals surface area contributed by atoms with Crippen LogP contribution >= 0.6 is 0 Å². The van der Waals surface area contributed by atoms with E-state index in [-0.39, 0.29) is 48.5 Å². The fourth-order valence-corrected chi connectivity index (χ4v) is 5.74. The number of nitrogens with zero attached hydrogens (tertiary/aromatic N) is 3. The fraction of sp³-hybridized carbons (Fsp3) is 0.348. The molecule has 10 nitrogen and oxygen atoms in total. The van der Waals surface area contributed by atoms with Gasteiger partial charge in [-0.1, -0.05) is 35.5 Å². The number of benzene rings is 1. The highest BCUT2D eigenvalue weighted by Crippen LogP contribution is 2.24. The smallest absolute Gasteiger partial charge is 0.287 e. The van der Waals surface area contributed by atoms with E-state index >= 15 is 0 Å². The average Bonchev–Trinajstić information content (AvgIpc) is 3.49. The molecule has 1 aliphatic rings. The van der Waals surface area contributed by atoms with Gasteiger partial charge in [0.2, 0.25) is 15.9 Å². The summed E-state index contributed by atoms with van der Waals surface area (Å²) < 4.78 is 37.7. The van der Waals surface area contributed by atoms with Crippen molar-refractivity contribution in [2.75, 3.05) is 26.2 Å². The summed E-state index contributed by atoms with van der Waals surface area (Å²) in [5.41, 5.74) is 1.19. The maximum atomic E-state index is 13.4. The van der Waals surface area contributed by atoms with E-state index in [0.29, 0.717) is 12.1 Å². The lowest BCUT2D eigenvalue weighted by atomic mass is 10.0. The van der Waals surface area contributed by atoms with E-state index in [4.69, 9.17) is 8.94 Å². The molecule has 11 heteroatoms. The van der Waals surface area contributed by atoms with Gasteiger partial charge in [0, 0.05) is 32.6 Å². The van der Waals surface area contributed by atoms with E-state index in [9.17, 15) is 18.0 Å². The van der Waals surface area contributed by atoms with Crippen molar-refractivity contribution in [2.45, 2.75) is 31.2 Å². The number of furan rings is 1. The molecule has 0 spiro atoms. The zero-order chi connectivity index (χ0) is 24.3. The van der Waals surface area contributed by atoms with Crippen molar-refractivity contribution in [2.24, 2.45) is 0 Å². The molecule has 0 saturated carbocycles. The first-order valence-corrected chi connectivity index (χ1v) is 12.3. The number of rotatable bonds is 7. The first-order valence-electron chi connectivity index (χ1n) is 10.9. The van der Waals surface area contributed by atoms with Gasteiger partial charge < -0.3 is 19.2 Å². The van der Waals surface area contributed by atoms with Crippen molar-refractivity contribution < 1.29 is 26.9 Å². The van der Waals surface area contributed by atoms with Gasteiger partial charge in [0.1, 0.15) is 16.6 Å². The van der Waals surface area contributed by atoms with Gasteiger partial charge >= 0.3 is 0 Å². The topological polar surface area (TPSA) is 126 Å². The van der Waals surface area contributed by atoms with Gasteiger partial charge in [0.25, 0.3) is 5.91 Å². The number of piperazine rings is 1. The standard InChI is InChI=1S/C23H26N4O6S/c1-16-21(17(2)33-25-16)34(30,31)27-12-10-26(11-13-27)23(29)19(15-18-7-4-3-5-8-18)24-22(28)20-9-6-14-32-20/h3-9,14,19H,10-13,15H2,1-2H3,(H,24,28)/t19-/m0/s1. The fourth-order valence-electron chi connectivity index (χ4n) is 4.03. The van der Waals surface area contributed by atoms with Crippen molar-refractivity contribution in [1.29, 1.82) is 0 Å². The van der Waals surface area contributed by atoms with Crippen LogP contribution in [0.4, 0.5) is 0 Å². The van der Waals surface area contributed by atoms with Crippen molar-refractivity contribution >= 4 is 21.8 Å². The van der Waals surface area contributed by atoms with Crippen LogP contribution in [0, 0.1) is 13.8 Å². The number of hydrogen-bond donors (Lipinski definition) is 1. The van der Waals surface area contributed by atoms with E-state index in [1.807, 2.05) is 30.3 Å². The van der Waals surface area contributed by atoms with Crippen LogP contribution in [0.25, 0.3) is 0 Å². The molecule has 0 bridgehead atoms. The van der Waals surface area contributed by atoms with Gasteiger partial charge in [-0.2, -0.15) is 4.31 Å². The van der Waals surface area contributed by atoms with Crippen LogP contribution < -0.4 is 5.32 Å². The van der Waals surface area contributed by atoms with Crippen LogP contribution in [-0.2, 0) is 21.2 Å². The molecule has 3 aromatic rings. The molecule has 1 fully saturated rings. The van der Waals surface area contributed by atoms with E-state index in [1.165, 1.54) is 16.6 Å². The Kier molecular flexibility index (Phi) is 6.85. The Morgan fingerprint density at radius 2 is 1.76 bits per heavy atom. The molecule has 4 rings (SSSR count). The number of hydrogen-bond acceptors (Lipinski definition) is 7.